The first-order valence-electron chi connectivity index (χ1n) is 8.84. The second-order valence-electron chi connectivity index (χ2n) is 6.38. The number of aryl methyl sites for hydroxylation is 1. The zero-order valence-corrected chi connectivity index (χ0v) is 15.7. The predicted octanol–water partition coefficient (Wildman–Crippen LogP) is 4.71. The number of hydrogen-bond acceptors (Lipinski definition) is 3. The van der Waals surface area contributed by atoms with Crippen molar-refractivity contribution < 1.29 is 0 Å². The fourth-order valence-electron chi connectivity index (χ4n) is 3.38. The summed E-state index contributed by atoms with van der Waals surface area (Å²) in [6.07, 6.45) is 7.62. The zero-order chi connectivity index (χ0) is 19.0. The summed E-state index contributed by atoms with van der Waals surface area (Å²) in [4.78, 5) is 14.1. The minimum absolute atomic E-state index is 0.821. The molecule has 0 bridgehead atoms. The van der Waals surface area contributed by atoms with Crippen molar-refractivity contribution in [3.05, 3.63) is 66.6 Å². The van der Waals surface area contributed by atoms with E-state index in [1.54, 1.807) is 0 Å². The van der Waals surface area contributed by atoms with Gasteiger partial charge in [0, 0.05) is 25.9 Å². The van der Waals surface area contributed by atoms with Gasteiger partial charge in [0.1, 0.15) is 11.5 Å². The second-order valence-corrected chi connectivity index (χ2v) is 6.38. The van der Waals surface area contributed by atoms with Gasteiger partial charge in [0.25, 0.3) is 0 Å². The fraction of sp³-hybridized carbons (Fsp3) is 0.136. The van der Waals surface area contributed by atoms with Crippen LogP contribution in [-0.2, 0) is 14.1 Å². The van der Waals surface area contributed by atoms with Crippen LogP contribution in [0.3, 0.4) is 0 Å². The number of benzene rings is 1. The van der Waals surface area contributed by atoms with Gasteiger partial charge < -0.3 is 9.13 Å². The second kappa shape index (κ2) is 6.68. The molecule has 3 heterocycles. The van der Waals surface area contributed by atoms with Crippen LogP contribution in [0.2, 0.25) is 0 Å². The molecule has 0 aliphatic rings. The molecular weight excluding hydrogens is 334 g/mol. The van der Waals surface area contributed by atoms with E-state index < -0.39 is 0 Å². The molecule has 0 radical (unpaired) electrons. The van der Waals surface area contributed by atoms with Crippen molar-refractivity contribution in [2.24, 2.45) is 14.1 Å². The summed E-state index contributed by atoms with van der Waals surface area (Å²) in [6, 6.07) is 12.1. The summed E-state index contributed by atoms with van der Waals surface area (Å²) in [5.74, 6) is 1.71. The maximum absolute atomic E-state index is 4.79. The summed E-state index contributed by atoms with van der Waals surface area (Å²) in [6.45, 7) is 5.91. The average Bonchev–Trinajstić information content (AvgIpc) is 3.19. The predicted molar refractivity (Wildman–Crippen MR) is 111 cm³/mol. The molecule has 4 aromatic rings. The smallest absolute Gasteiger partial charge is 0.159 e. The van der Waals surface area contributed by atoms with Crippen molar-refractivity contribution in [1.29, 1.82) is 0 Å². The summed E-state index contributed by atoms with van der Waals surface area (Å²) >= 11 is 0. The van der Waals surface area contributed by atoms with E-state index in [4.69, 9.17) is 9.97 Å². The monoisotopic (exact) mass is 355 g/mol. The molecule has 4 rings (SSSR count). The molecule has 5 nitrogen and oxygen atoms in total. The Labute approximate surface area is 158 Å². The van der Waals surface area contributed by atoms with Gasteiger partial charge in [-0.25, -0.2) is 9.97 Å². The Morgan fingerprint density at radius 1 is 1.00 bits per heavy atom. The van der Waals surface area contributed by atoms with Gasteiger partial charge in [0.15, 0.2) is 5.82 Å². The van der Waals surface area contributed by atoms with Gasteiger partial charge in [-0.2, -0.15) is 0 Å². The summed E-state index contributed by atoms with van der Waals surface area (Å²) in [5, 5.41) is 0. The summed E-state index contributed by atoms with van der Waals surface area (Å²) in [7, 11) is 4.02. The number of allylic oxidation sites excluding steroid dienone is 1. The van der Waals surface area contributed by atoms with Crippen LogP contribution in [0.1, 0.15) is 18.3 Å². The van der Waals surface area contributed by atoms with E-state index in [0.29, 0.717) is 0 Å². The maximum Gasteiger partial charge on any atom is 0.159 e. The zero-order valence-electron chi connectivity index (χ0n) is 15.7. The van der Waals surface area contributed by atoms with Crippen molar-refractivity contribution in [2.45, 2.75) is 6.92 Å². The van der Waals surface area contributed by atoms with Crippen LogP contribution in [0.4, 0.5) is 0 Å². The van der Waals surface area contributed by atoms with Crippen LogP contribution in [0.5, 0.6) is 0 Å². The molecule has 5 heteroatoms. The minimum atomic E-state index is 0.821. The van der Waals surface area contributed by atoms with Gasteiger partial charge in [-0.15, -0.1) is 0 Å². The number of para-hydroxylation sites is 2. The van der Waals surface area contributed by atoms with E-state index in [2.05, 4.69) is 26.8 Å². The van der Waals surface area contributed by atoms with Gasteiger partial charge in [-0.3, -0.25) is 4.98 Å². The molecule has 0 unspecified atom stereocenters. The molecule has 0 aliphatic heterocycles. The lowest BCUT2D eigenvalue weighted by Crippen LogP contribution is -1.98. The molecule has 0 saturated carbocycles. The van der Waals surface area contributed by atoms with E-state index in [1.807, 2.05) is 75.8 Å². The SMILES string of the molecule is C=Cc1c(/C=C\C)nc(-c2ccnc(-c3nc4ccccc4n3C)c2)n1C. The third kappa shape index (κ3) is 2.77. The molecule has 134 valence electrons. The molecule has 27 heavy (non-hydrogen) atoms. The molecule has 0 spiro atoms. The number of hydrogen-bond donors (Lipinski definition) is 0. The van der Waals surface area contributed by atoms with Gasteiger partial charge in [-0.05, 0) is 43.3 Å². The summed E-state index contributed by atoms with van der Waals surface area (Å²) in [5.41, 5.74) is 5.76. The van der Waals surface area contributed by atoms with Crippen molar-refractivity contribution in [3.63, 3.8) is 0 Å². The molecule has 0 N–H and O–H groups in total. The largest absolute Gasteiger partial charge is 0.327 e. The normalized spacial score (nSPS) is 11.5. The Morgan fingerprint density at radius 3 is 2.56 bits per heavy atom. The Morgan fingerprint density at radius 2 is 1.81 bits per heavy atom. The number of nitrogens with zero attached hydrogens (tertiary/aromatic N) is 5. The lowest BCUT2D eigenvalue weighted by molar-refractivity contribution is 0.912. The van der Waals surface area contributed by atoms with Crippen molar-refractivity contribution in [3.8, 4) is 22.9 Å². The van der Waals surface area contributed by atoms with E-state index >= 15 is 0 Å². The van der Waals surface area contributed by atoms with E-state index in [0.717, 1.165) is 45.3 Å². The highest BCUT2D eigenvalue weighted by atomic mass is 15.1. The molecule has 3 aromatic heterocycles. The third-order valence-corrected chi connectivity index (χ3v) is 4.72. The lowest BCUT2D eigenvalue weighted by Gasteiger charge is -2.06. The Kier molecular flexibility index (Phi) is 4.20. The van der Waals surface area contributed by atoms with Gasteiger partial charge in [0.2, 0.25) is 0 Å². The van der Waals surface area contributed by atoms with Gasteiger partial charge >= 0.3 is 0 Å². The van der Waals surface area contributed by atoms with Crippen LogP contribution >= 0.6 is 0 Å². The summed E-state index contributed by atoms with van der Waals surface area (Å²) < 4.78 is 4.12. The number of pyridine rings is 1. The van der Waals surface area contributed by atoms with E-state index in [1.165, 1.54) is 0 Å². The van der Waals surface area contributed by atoms with E-state index in [9.17, 15) is 0 Å². The highest BCUT2D eigenvalue weighted by Crippen LogP contribution is 2.27. The first kappa shape index (κ1) is 17.0. The number of imidazole rings is 2. The number of aromatic nitrogens is 5. The quantitative estimate of drug-likeness (QED) is 0.532. The van der Waals surface area contributed by atoms with Crippen LogP contribution in [-0.4, -0.2) is 24.1 Å². The van der Waals surface area contributed by atoms with Crippen molar-refractivity contribution in [2.75, 3.05) is 0 Å². The highest BCUT2D eigenvalue weighted by molar-refractivity contribution is 5.80. The first-order valence-corrected chi connectivity index (χ1v) is 8.84. The fourth-order valence-corrected chi connectivity index (χ4v) is 3.38. The molecule has 0 saturated heterocycles. The van der Waals surface area contributed by atoms with Crippen LogP contribution in [0.25, 0.3) is 46.1 Å². The standard InChI is InChI=1S/C22H21N5/c1-5-9-16-19(6-2)26(3)21(24-16)15-12-13-23-18(14-15)22-25-17-10-7-8-11-20(17)27(22)4/h5-14H,2H2,1,3-4H3/b9-5-. The molecular formula is C22H21N5. The van der Waals surface area contributed by atoms with Gasteiger partial charge in [0.05, 0.1) is 22.4 Å². The maximum atomic E-state index is 4.79. The Balaban J connectivity index is 1.86. The van der Waals surface area contributed by atoms with Crippen molar-refractivity contribution in [1.82, 2.24) is 24.1 Å². The Bertz CT molecular complexity index is 1180. The highest BCUT2D eigenvalue weighted by Gasteiger charge is 2.15. The topological polar surface area (TPSA) is 48.5 Å². The molecule has 0 fully saturated rings. The molecule has 0 atom stereocenters. The Hall–Kier alpha value is -3.47. The third-order valence-electron chi connectivity index (χ3n) is 4.72. The molecule has 0 amide bonds. The molecule has 0 aliphatic carbocycles. The van der Waals surface area contributed by atoms with Crippen molar-refractivity contribution >= 4 is 23.2 Å². The van der Waals surface area contributed by atoms with Gasteiger partial charge in [-0.1, -0.05) is 24.8 Å². The number of fused-ring (bicyclic) bond motifs is 1. The van der Waals surface area contributed by atoms with Crippen LogP contribution in [0.15, 0.2) is 55.3 Å². The van der Waals surface area contributed by atoms with Crippen LogP contribution in [0, 0.1) is 0 Å². The number of rotatable bonds is 4. The van der Waals surface area contributed by atoms with E-state index in [-0.39, 0.29) is 0 Å². The lowest BCUT2D eigenvalue weighted by atomic mass is 10.2. The minimum Gasteiger partial charge on any atom is -0.327 e. The first-order chi connectivity index (χ1) is 13.1. The molecule has 1 aromatic carbocycles. The average molecular weight is 355 g/mol. The van der Waals surface area contributed by atoms with Crippen LogP contribution < -0.4 is 0 Å².